The Balaban J connectivity index is 2.47. The van der Waals surface area contributed by atoms with Gasteiger partial charge in [-0.25, -0.2) is 4.79 Å². The Hall–Kier alpha value is -1.91. The first-order chi connectivity index (χ1) is 6.66. The van der Waals surface area contributed by atoms with Crippen LogP contribution in [-0.4, -0.2) is 34.2 Å². The van der Waals surface area contributed by atoms with Crippen molar-refractivity contribution in [2.45, 2.75) is 6.42 Å². The number of fused-ring (bicyclic) bond motifs is 1. The van der Waals surface area contributed by atoms with E-state index in [1.165, 1.54) is 17.1 Å². The Morgan fingerprint density at radius 1 is 1.57 bits per heavy atom. The smallest absolute Gasteiger partial charge is 0.393 e. The van der Waals surface area contributed by atoms with Crippen LogP contribution in [0.1, 0.15) is 5.56 Å². The fourth-order valence-corrected chi connectivity index (χ4v) is 1.49. The number of carbonyl (C=O) groups is 2. The minimum absolute atomic E-state index is 0.0172. The van der Waals surface area contributed by atoms with E-state index in [-0.39, 0.29) is 12.3 Å². The topological polar surface area (TPSA) is 70.5 Å². The largest absolute Gasteiger partial charge is 0.474 e. The molecule has 0 fully saturated rings. The predicted molar refractivity (Wildman–Crippen MR) is 45.9 cm³/mol. The average molecular weight is 194 g/mol. The molecule has 5 heteroatoms. The van der Waals surface area contributed by atoms with Gasteiger partial charge < -0.3 is 9.52 Å². The number of nitrogens with zero attached hydrogens (tertiary/aromatic N) is 1. The number of furan rings is 1. The molecule has 1 aromatic heterocycles. The fourth-order valence-electron chi connectivity index (χ4n) is 1.49. The minimum atomic E-state index is -1.08. The van der Waals surface area contributed by atoms with Gasteiger partial charge in [0.2, 0.25) is 18.0 Å². The molecule has 1 aliphatic heterocycles. The maximum atomic E-state index is 11.2. The van der Waals surface area contributed by atoms with Crippen molar-refractivity contribution < 1.29 is 23.7 Å². The number of carboxylic acid groups (broad SMARTS) is 1. The number of ketones is 1. The molecule has 1 aromatic rings. The quantitative estimate of drug-likeness (QED) is 0.648. The van der Waals surface area contributed by atoms with Crippen LogP contribution in [0, 0.1) is 0 Å². The Bertz CT molecular complexity index is 430. The van der Waals surface area contributed by atoms with Gasteiger partial charge in [-0.05, 0) is 0 Å². The fraction of sp³-hybridized carbons (Fsp3) is 0.222. The van der Waals surface area contributed by atoms with E-state index < -0.39 is 5.97 Å². The lowest BCUT2D eigenvalue weighted by atomic mass is 10.1. The number of aliphatic carboxylic acids is 1. The van der Waals surface area contributed by atoms with Crippen molar-refractivity contribution in [3.05, 3.63) is 18.1 Å². The number of rotatable bonds is 1. The number of carboxylic acids is 1. The third-order valence-electron chi connectivity index (χ3n) is 2.03. The van der Waals surface area contributed by atoms with Crippen molar-refractivity contribution in [2.75, 3.05) is 6.54 Å². The molecule has 14 heavy (non-hydrogen) atoms. The van der Waals surface area contributed by atoms with E-state index in [0.717, 1.165) is 11.8 Å². The summed E-state index contributed by atoms with van der Waals surface area (Å²) in [5.74, 6) is -1.09. The Labute approximate surface area is 79.3 Å². The van der Waals surface area contributed by atoms with Crippen molar-refractivity contribution in [1.29, 1.82) is 0 Å². The first-order valence-corrected chi connectivity index (χ1v) is 4.08. The van der Waals surface area contributed by atoms with Gasteiger partial charge in [0.15, 0.2) is 6.26 Å². The van der Waals surface area contributed by atoms with Gasteiger partial charge in [0.25, 0.3) is 6.21 Å². The van der Waals surface area contributed by atoms with Crippen LogP contribution in [0.4, 0.5) is 5.69 Å². The number of hydrogen-bond acceptors (Lipinski definition) is 3. The van der Waals surface area contributed by atoms with Crippen molar-refractivity contribution in [1.82, 2.24) is 0 Å². The first-order valence-electron chi connectivity index (χ1n) is 4.08. The maximum absolute atomic E-state index is 11.2. The van der Waals surface area contributed by atoms with E-state index in [9.17, 15) is 9.59 Å². The number of hydrogen-bond donors (Lipinski definition) is 1. The van der Waals surface area contributed by atoms with Crippen molar-refractivity contribution >= 4 is 23.7 Å². The van der Waals surface area contributed by atoms with E-state index in [1.54, 1.807) is 0 Å². The van der Waals surface area contributed by atoms with Gasteiger partial charge in [0.1, 0.15) is 6.26 Å². The van der Waals surface area contributed by atoms with Gasteiger partial charge >= 0.3 is 5.97 Å². The maximum Gasteiger partial charge on any atom is 0.393 e. The third kappa shape index (κ3) is 1.44. The van der Waals surface area contributed by atoms with Gasteiger partial charge in [-0.15, -0.1) is 0 Å². The van der Waals surface area contributed by atoms with Crippen LogP contribution in [-0.2, 0) is 16.0 Å². The molecule has 5 nitrogen and oxygen atoms in total. The highest BCUT2D eigenvalue weighted by molar-refractivity contribution is 6.20. The van der Waals surface area contributed by atoms with Crippen LogP contribution in [0.5, 0.6) is 0 Å². The average Bonchev–Trinajstić information content (AvgIpc) is 2.50. The highest BCUT2D eigenvalue weighted by Crippen LogP contribution is 2.24. The molecule has 0 unspecified atom stereocenters. The molecule has 0 saturated heterocycles. The van der Waals surface area contributed by atoms with Gasteiger partial charge in [-0.3, -0.25) is 4.79 Å². The summed E-state index contributed by atoms with van der Waals surface area (Å²) >= 11 is 0. The lowest BCUT2D eigenvalue weighted by Crippen LogP contribution is -2.26. The molecule has 1 N–H and O–H groups in total. The summed E-state index contributed by atoms with van der Waals surface area (Å²) in [4.78, 5) is 21.7. The predicted octanol–water partition coefficient (Wildman–Crippen LogP) is 0.204. The molecule has 72 valence electrons. The summed E-state index contributed by atoms with van der Waals surface area (Å²) in [6, 6.07) is 0. The Morgan fingerprint density at radius 2 is 2.36 bits per heavy atom. The number of carbonyl (C=O) groups excluding carboxylic acids is 1. The van der Waals surface area contributed by atoms with E-state index >= 15 is 0 Å². The van der Waals surface area contributed by atoms with E-state index in [0.29, 0.717) is 12.1 Å². The van der Waals surface area contributed by atoms with Crippen LogP contribution in [0.25, 0.3) is 0 Å². The normalized spacial score (nSPS) is 18.3. The SMILES string of the molecule is O=C(O)C=[N+]1CC(=O)Cc2cocc21. The monoisotopic (exact) mass is 194 g/mol. The van der Waals surface area contributed by atoms with Crippen molar-refractivity contribution in [3.8, 4) is 0 Å². The van der Waals surface area contributed by atoms with Crippen LogP contribution < -0.4 is 0 Å². The first kappa shape index (κ1) is 8.68. The van der Waals surface area contributed by atoms with Crippen LogP contribution >= 0.6 is 0 Å². The van der Waals surface area contributed by atoms with Crippen LogP contribution in [0.2, 0.25) is 0 Å². The standard InChI is InChI=1S/C9H7NO4/c11-7-1-6-4-14-5-8(6)10(2-7)3-9(12)13/h3-5H,1-2H2/p+1. The zero-order valence-electron chi connectivity index (χ0n) is 7.27. The molecule has 0 atom stereocenters. The summed E-state index contributed by atoms with van der Waals surface area (Å²) in [5, 5.41) is 8.58. The highest BCUT2D eigenvalue weighted by atomic mass is 16.4. The second kappa shape index (κ2) is 3.10. The molecule has 2 rings (SSSR count). The summed E-state index contributed by atoms with van der Waals surface area (Å²) in [5.41, 5.74) is 1.39. The summed E-state index contributed by atoms with van der Waals surface area (Å²) in [6.07, 6.45) is 4.21. The summed E-state index contributed by atoms with van der Waals surface area (Å²) in [7, 11) is 0. The summed E-state index contributed by atoms with van der Waals surface area (Å²) in [6.45, 7) is 0.0961. The van der Waals surface area contributed by atoms with E-state index in [2.05, 4.69) is 0 Å². The van der Waals surface area contributed by atoms with Gasteiger partial charge in [0.05, 0.1) is 5.56 Å². The molecule has 2 heterocycles. The molecular weight excluding hydrogens is 186 g/mol. The number of Topliss-reactive ketones (excluding diaryl/α,β-unsaturated/α-hetero) is 1. The van der Waals surface area contributed by atoms with Gasteiger partial charge in [0, 0.05) is 6.42 Å². The molecule has 0 spiro atoms. The van der Waals surface area contributed by atoms with Crippen LogP contribution in [0.15, 0.2) is 16.9 Å². The van der Waals surface area contributed by atoms with E-state index in [4.69, 9.17) is 9.52 Å². The van der Waals surface area contributed by atoms with Crippen LogP contribution in [0.3, 0.4) is 0 Å². The molecule has 0 saturated carbocycles. The van der Waals surface area contributed by atoms with Gasteiger partial charge in [-0.1, -0.05) is 0 Å². The molecule has 0 aromatic carbocycles. The van der Waals surface area contributed by atoms with Crippen molar-refractivity contribution in [3.63, 3.8) is 0 Å². The third-order valence-corrected chi connectivity index (χ3v) is 2.03. The second-order valence-electron chi connectivity index (χ2n) is 3.09. The second-order valence-corrected chi connectivity index (χ2v) is 3.09. The molecule has 0 radical (unpaired) electrons. The Morgan fingerprint density at radius 3 is 3.07 bits per heavy atom. The lowest BCUT2D eigenvalue weighted by molar-refractivity contribution is -0.426. The van der Waals surface area contributed by atoms with Gasteiger partial charge in [-0.2, -0.15) is 4.58 Å². The molecule has 0 bridgehead atoms. The molecule has 0 amide bonds. The lowest BCUT2D eigenvalue weighted by Gasteiger charge is -2.06. The molecular formula is C9H8NO4+. The zero-order chi connectivity index (χ0) is 10.1. The zero-order valence-corrected chi connectivity index (χ0v) is 7.27. The summed E-state index contributed by atoms with van der Waals surface area (Å²) < 4.78 is 6.30. The molecule has 0 aliphatic carbocycles. The van der Waals surface area contributed by atoms with Crippen molar-refractivity contribution in [2.24, 2.45) is 0 Å². The minimum Gasteiger partial charge on any atom is -0.474 e. The Kier molecular flexibility index (Phi) is 1.92. The molecule has 1 aliphatic rings. The van der Waals surface area contributed by atoms with E-state index in [1.807, 2.05) is 0 Å². The highest BCUT2D eigenvalue weighted by Gasteiger charge is 2.29.